The molecule has 1 aliphatic heterocycles. The molecule has 0 aromatic carbocycles. The van der Waals surface area contributed by atoms with Crippen molar-refractivity contribution in [3.05, 3.63) is 58.8 Å². The number of pyridine rings is 2. The van der Waals surface area contributed by atoms with Crippen LogP contribution < -0.4 is 10.3 Å². The highest BCUT2D eigenvalue weighted by molar-refractivity contribution is 5.94. The monoisotopic (exact) mass is 343 g/mol. The van der Waals surface area contributed by atoms with Crippen LogP contribution in [0.25, 0.3) is 0 Å². The molecule has 2 atom stereocenters. The number of aromatic nitrogens is 2. The third-order valence-corrected chi connectivity index (χ3v) is 4.40. The quantitative estimate of drug-likeness (QED) is 0.812. The number of rotatable bonds is 5. The SMILES string of the molecule is CO[C@@H]1C[C@@H](COc2cccnc2)N(C(=O)c2ccn(C)c(=O)c2)C1. The molecule has 1 fully saturated rings. The number of carbonyl (C=O) groups is 1. The van der Waals surface area contributed by atoms with Crippen molar-refractivity contribution in [2.75, 3.05) is 20.3 Å². The van der Waals surface area contributed by atoms with E-state index >= 15 is 0 Å². The summed E-state index contributed by atoms with van der Waals surface area (Å²) in [6.07, 6.45) is 5.55. The van der Waals surface area contributed by atoms with Crippen molar-refractivity contribution in [2.45, 2.75) is 18.6 Å². The molecule has 7 heteroatoms. The highest BCUT2D eigenvalue weighted by atomic mass is 16.5. The predicted octanol–water partition coefficient (Wildman–Crippen LogP) is 1.09. The summed E-state index contributed by atoms with van der Waals surface area (Å²) in [4.78, 5) is 30.4. The molecule has 0 aliphatic carbocycles. The minimum Gasteiger partial charge on any atom is -0.490 e. The van der Waals surface area contributed by atoms with Crippen LogP contribution in [-0.2, 0) is 11.8 Å². The molecule has 0 saturated carbocycles. The molecule has 25 heavy (non-hydrogen) atoms. The average Bonchev–Trinajstić information content (AvgIpc) is 3.06. The van der Waals surface area contributed by atoms with Crippen LogP contribution in [0.4, 0.5) is 0 Å². The van der Waals surface area contributed by atoms with Crippen LogP contribution in [0.3, 0.4) is 0 Å². The van der Waals surface area contributed by atoms with Crippen LogP contribution in [0.5, 0.6) is 5.75 Å². The summed E-state index contributed by atoms with van der Waals surface area (Å²) in [5, 5.41) is 0. The van der Waals surface area contributed by atoms with Gasteiger partial charge >= 0.3 is 0 Å². The molecule has 2 aromatic heterocycles. The Hall–Kier alpha value is -2.67. The Labute approximate surface area is 145 Å². The largest absolute Gasteiger partial charge is 0.490 e. The molecule has 0 spiro atoms. The van der Waals surface area contributed by atoms with Crippen LogP contribution in [0.15, 0.2) is 47.7 Å². The van der Waals surface area contributed by atoms with Gasteiger partial charge in [0.25, 0.3) is 11.5 Å². The first-order valence-corrected chi connectivity index (χ1v) is 8.11. The smallest absolute Gasteiger partial charge is 0.254 e. The zero-order valence-corrected chi connectivity index (χ0v) is 14.3. The van der Waals surface area contributed by atoms with Crippen LogP contribution in [0, 0.1) is 0 Å². The highest BCUT2D eigenvalue weighted by Gasteiger charge is 2.36. The van der Waals surface area contributed by atoms with Crippen molar-refractivity contribution in [2.24, 2.45) is 7.05 Å². The van der Waals surface area contributed by atoms with Gasteiger partial charge in [0.15, 0.2) is 0 Å². The van der Waals surface area contributed by atoms with E-state index in [1.165, 1.54) is 10.6 Å². The number of ether oxygens (including phenoxy) is 2. The molecule has 1 amide bonds. The van der Waals surface area contributed by atoms with E-state index in [4.69, 9.17) is 9.47 Å². The summed E-state index contributed by atoms with van der Waals surface area (Å²) in [5.41, 5.74) is 0.169. The van der Waals surface area contributed by atoms with Crippen molar-refractivity contribution >= 4 is 5.91 Å². The van der Waals surface area contributed by atoms with Gasteiger partial charge in [-0.1, -0.05) is 0 Å². The first kappa shape index (κ1) is 17.2. The van der Waals surface area contributed by atoms with Crippen molar-refractivity contribution in [1.82, 2.24) is 14.5 Å². The number of methoxy groups -OCH3 is 1. The highest BCUT2D eigenvalue weighted by Crippen LogP contribution is 2.23. The maximum atomic E-state index is 12.8. The van der Waals surface area contributed by atoms with Crippen molar-refractivity contribution in [3.63, 3.8) is 0 Å². The fourth-order valence-corrected chi connectivity index (χ4v) is 2.92. The Kier molecular flexibility index (Phi) is 5.14. The second-order valence-corrected chi connectivity index (χ2v) is 6.07. The molecule has 3 rings (SSSR count). The van der Waals surface area contributed by atoms with Gasteiger partial charge in [0, 0.05) is 44.7 Å². The van der Waals surface area contributed by atoms with Gasteiger partial charge in [0.2, 0.25) is 0 Å². The Morgan fingerprint density at radius 2 is 2.24 bits per heavy atom. The molecule has 0 unspecified atom stereocenters. The fraction of sp³-hybridized carbons (Fsp3) is 0.389. The summed E-state index contributed by atoms with van der Waals surface area (Å²) in [5.74, 6) is 0.474. The third kappa shape index (κ3) is 3.88. The van der Waals surface area contributed by atoms with E-state index in [9.17, 15) is 9.59 Å². The van der Waals surface area contributed by atoms with Crippen molar-refractivity contribution in [3.8, 4) is 5.75 Å². The van der Waals surface area contributed by atoms with Crippen molar-refractivity contribution in [1.29, 1.82) is 0 Å². The normalized spacial score (nSPS) is 19.8. The first-order valence-electron chi connectivity index (χ1n) is 8.11. The maximum Gasteiger partial charge on any atom is 0.254 e. The minimum atomic E-state index is -0.212. The molecule has 1 aliphatic rings. The van der Waals surface area contributed by atoms with E-state index < -0.39 is 0 Å². The Morgan fingerprint density at radius 1 is 1.40 bits per heavy atom. The van der Waals surface area contributed by atoms with E-state index in [1.807, 2.05) is 6.07 Å². The zero-order valence-electron chi connectivity index (χ0n) is 14.3. The molecular formula is C18H21N3O4. The van der Waals surface area contributed by atoms with Crippen LogP contribution in [0.1, 0.15) is 16.8 Å². The summed E-state index contributed by atoms with van der Waals surface area (Å²) >= 11 is 0. The molecule has 0 radical (unpaired) electrons. The summed E-state index contributed by atoms with van der Waals surface area (Å²) in [7, 11) is 3.29. The van der Waals surface area contributed by atoms with Gasteiger partial charge in [0.1, 0.15) is 12.4 Å². The molecular weight excluding hydrogens is 322 g/mol. The third-order valence-electron chi connectivity index (χ3n) is 4.40. The van der Waals surface area contributed by atoms with Gasteiger partial charge in [-0.3, -0.25) is 14.6 Å². The van der Waals surface area contributed by atoms with E-state index in [2.05, 4.69) is 4.98 Å². The fourth-order valence-electron chi connectivity index (χ4n) is 2.92. The minimum absolute atomic E-state index is 0.0435. The Balaban J connectivity index is 1.75. The van der Waals surface area contributed by atoms with Crippen LogP contribution in [-0.4, -0.2) is 52.8 Å². The van der Waals surface area contributed by atoms with E-state index in [0.717, 1.165) is 0 Å². The maximum absolute atomic E-state index is 12.8. The van der Waals surface area contributed by atoms with Crippen LogP contribution >= 0.6 is 0 Å². The summed E-state index contributed by atoms with van der Waals surface area (Å²) in [6, 6.07) is 6.51. The number of hydrogen-bond donors (Lipinski definition) is 0. The van der Waals surface area contributed by atoms with Gasteiger partial charge in [0.05, 0.1) is 18.3 Å². The number of hydrogen-bond acceptors (Lipinski definition) is 5. The topological polar surface area (TPSA) is 73.7 Å². The second kappa shape index (κ2) is 7.48. The van der Waals surface area contributed by atoms with Gasteiger partial charge < -0.3 is 18.9 Å². The zero-order chi connectivity index (χ0) is 17.8. The lowest BCUT2D eigenvalue weighted by Gasteiger charge is -2.24. The van der Waals surface area contributed by atoms with Crippen molar-refractivity contribution < 1.29 is 14.3 Å². The van der Waals surface area contributed by atoms with Gasteiger partial charge in [-0.15, -0.1) is 0 Å². The molecule has 2 aromatic rings. The van der Waals surface area contributed by atoms with E-state index in [-0.39, 0.29) is 23.6 Å². The lowest BCUT2D eigenvalue weighted by Crippen LogP contribution is -2.39. The van der Waals surface area contributed by atoms with Gasteiger partial charge in [-0.2, -0.15) is 0 Å². The molecule has 3 heterocycles. The molecule has 132 valence electrons. The molecule has 0 N–H and O–H groups in total. The average molecular weight is 343 g/mol. The lowest BCUT2D eigenvalue weighted by atomic mass is 10.2. The predicted molar refractivity (Wildman–Crippen MR) is 91.7 cm³/mol. The first-order chi connectivity index (χ1) is 12.1. The van der Waals surface area contributed by atoms with E-state index in [1.54, 1.807) is 49.8 Å². The number of nitrogens with zero attached hydrogens (tertiary/aromatic N) is 3. The van der Waals surface area contributed by atoms with E-state index in [0.29, 0.717) is 30.9 Å². The van der Waals surface area contributed by atoms with Crippen LogP contribution in [0.2, 0.25) is 0 Å². The Morgan fingerprint density at radius 3 is 2.92 bits per heavy atom. The lowest BCUT2D eigenvalue weighted by molar-refractivity contribution is 0.0657. The van der Waals surface area contributed by atoms with Gasteiger partial charge in [-0.25, -0.2) is 0 Å². The second-order valence-electron chi connectivity index (χ2n) is 6.07. The summed E-state index contributed by atoms with van der Waals surface area (Å²) in [6.45, 7) is 0.827. The molecule has 1 saturated heterocycles. The van der Waals surface area contributed by atoms with Gasteiger partial charge in [-0.05, 0) is 24.6 Å². The summed E-state index contributed by atoms with van der Waals surface area (Å²) < 4.78 is 12.6. The standard InChI is InChI=1S/C18H21N3O4/c1-20-7-5-13(8-17(20)22)18(23)21-11-16(24-2)9-14(21)12-25-15-4-3-6-19-10-15/h3-8,10,14,16H,9,11-12H2,1-2H3/t14-,16+/m0/s1. The number of aryl methyl sites for hydroxylation is 1. The number of carbonyl (C=O) groups excluding carboxylic acids is 1. The number of likely N-dealkylation sites (tertiary alicyclic amines) is 1. The number of amides is 1. The Bertz CT molecular complexity index is 790. The molecule has 0 bridgehead atoms. The molecule has 7 nitrogen and oxygen atoms in total.